The second-order valence-electron chi connectivity index (χ2n) is 5.93. The minimum atomic E-state index is 0.0982. The molecule has 0 amide bonds. The molecule has 1 heterocycles. The first-order valence-corrected chi connectivity index (χ1v) is 8.63. The molecule has 0 spiro atoms. The number of hydrogen-bond donors (Lipinski definition) is 0. The van der Waals surface area contributed by atoms with Gasteiger partial charge in [-0.2, -0.15) is 0 Å². The lowest BCUT2D eigenvalue weighted by atomic mass is 10.1. The normalized spacial score (nSPS) is 23.1. The fourth-order valence-electron chi connectivity index (χ4n) is 2.75. The average Bonchev–Trinajstić information content (AvgIpc) is 2.85. The third-order valence-corrected chi connectivity index (χ3v) is 3.97. The maximum atomic E-state index is 5.85. The van der Waals surface area contributed by atoms with Crippen LogP contribution in [0.1, 0.15) is 90.9 Å². The molecule has 0 aromatic heterocycles. The predicted molar refractivity (Wildman–Crippen MR) is 81.4 cm³/mol. The number of rotatable bonds is 12. The van der Waals surface area contributed by atoms with Gasteiger partial charge in [-0.05, 0) is 19.3 Å². The minimum Gasteiger partial charge on any atom is -0.350 e. The van der Waals surface area contributed by atoms with Crippen LogP contribution in [-0.4, -0.2) is 19.0 Å². The first-order valence-electron chi connectivity index (χ1n) is 8.63. The highest BCUT2D eigenvalue weighted by Gasteiger charge is 2.24. The highest BCUT2D eigenvalue weighted by Crippen LogP contribution is 2.20. The smallest absolute Gasteiger partial charge is 0.158 e. The molecule has 0 aromatic rings. The summed E-state index contributed by atoms with van der Waals surface area (Å²) in [5.41, 5.74) is 0. The van der Waals surface area contributed by atoms with E-state index in [1.54, 1.807) is 0 Å². The third-order valence-electron chi connectivity index (χ3n) is 3.97. The maximum absolute atomic E-state index is 5.85. The molecule has 1 aliphatic heterocycles. The topological polar surface area (TPSA) is 18.5 Å². The van der Waals surface area contributed by atoms with Gasteiger partial charge in [0.1, 0.15) is 0 Å². The zero-order chi connectivity index (χ0) is 13.8. The van der Waals surface area contributed by atoms with Crippen molar-refractivity contribution in [3.63, 3.8) is 0 Å². The molecule has 0 N–H and O–H groups in total. The van der Waals surface area contributed by atoms with Gasteiger partial charge in [-0.15, -0.1) is 0 Å². The molecule has 2 heteroatoms. The summed E-state index contributed by atoms with van der Waals surface area (Å²) in [6.45, 7) is 5.30. The summed E-state index contributed by atoms with van der Waals surface area (Å²) in [7, 11) is 0. The quantitative estimate of drug-likeness (QED) is 0.439. The predicted octanol–water partition coefficient (Wildman–Crippen LogP) is 5.45. The summed E-state index contributed by atoms with van der Waals surface area (Å²) >= 11 is 0. The molecule has 19 heavy (non-hydrogen) atoms. The first-order chi connectivity index (χ1) is 9.36. The zero-order valence-corrected chi connectivity index (χ0v) is 13.2. The molecule has 0 aliphatic carbocycles. The summed E-state index contributed by atoms with van der Waals surface area (Å²) in [6, 6.07) is 0. The summed E-state index contributed by atoms with van der Waals surface area (Å²) in [5.74, 6) is 0. The van der Waals surface area contributed by atoms with E-state index in [0.717, 1.165) is 19.4 Å². The van der Waals surface area contributed by atoms with Gasteiger partial charge in [0, 0.05) is 0 Å². The van der Waals surface area contributed by atoms with Crippen LogP contribution in [0.25, 0.3) is 0 Å². The Morgan fingerprint density at radius 3 is 2.00 bits per heavy atom. The lowest BCUT2D eigenvalue weighted by Crippen LogP contribution is -2.11. The van der Waals surface area contributed by atoms with Crippen molar-refractivity contribution in [1.82, 2.24) is 0 Å². The molecule has 0 aromatic carbocycles. The van der Waals surface area contributed by atoms with E-state index >= 15 is 0 Å². The first kappa shape index (κ1) is 17.0. The van der Waals surface area contributed by atoms with E-state index in [4.69, 9.17) is 9.47 Å². The summed E-state index contributed by atoms with van der Waals surface area (Å²) in [4.78, 5) is 0. The lowest BCUT2D eigenvalue weighted by molar-refractivity contribution is -0.0641. The van der Waals surface area contributed by atoms with Gasteiger partial charge in [0.05, 0.1) is 12.7 Å². The average molecular weight is 270 g/mol. The standard InChI is InChI=1S/C17H34O2/c1-3-5-6-7-8-9-10-11-12-14-17-18-15-16(19-17)13-4-2/h16-17H,3-15H2,1-2H3. The van der Waals surface area contributed by atoms with Crippen molar-refractivity contribution in [1.29, 1.82) is 0 Å². The van der Waals surface area contributed by atoms with Crippen molar-refractivity contribution in [2.24, 2.45) is 0 Å². The van der Waals surface area contributed by atoms with Gasteiger partial charge < -0.3 is 9.47 Å². The van der Waals surface area contributed by atoms with Crippen molar-refractivity contribution in [2.75, 3.05) is 6.61 Å². The van der Waals surface area contributed by atoms with E-state index in [9.17, 15) is 0 Å². The molecule has 1 rings (SSSR count). The fraction of sp³-hybridized carbons (Fsp3) is 1.00. The zero-order valence-electron chi connectivity index (χ0n) is 13.2. The molecular weight excluding hydrogens is 236 g/mol. The van der Waals surface area contributed by atoms with E-state index in [1.807, 2.05) is 0 Å². The summed E-state index contributed by atoms with van der Waals surface area (Å²) in [6.07, 6.45) is 16.4. The van der Waals surface area contributed by atoms with Crippen molar-refractivity contribution in [3.05, 3.63) is 0 Å². The van der Waals surface area contributed by atoms with Crippen molar-refractivity contribution >= 4 is 0 Å². The van der Waals surface area contributed by atoms with E-state index in [1.165, 1.54) is 64.2 Å². The van der Waals surface area contributed by atoms with Gasteiger partial charge in [-0.1, -0.05) is 71.6 Å². The Kier molecular flexibility index (Phi) is 10.5. The molecule has 2 nitrogen and oxygen atoms in total. The molecule has 2 unspecified atom stereocenters. The lowest BCUT2D eigenvalue weighted by Gasteiger charge is -2.10. The van der Waals surface area contributed by atoms with Crippen LogP contribution >= 0.6 is 0 Å². The van der Waals surface area contributed by atoms with Crippen LogP contribution in [0.3, 0.4) is 0 Å². The van der Waals surface area contributed by atoms with Gasteiger partial charge in [0.2, 0.25) is 0 Å². The van der Waals surface area contributed by atoms with Crippen molar-refractivity contribution in [2.45, 2.75) is 103 Å². The molecule has 1 fully saturated rings. The van der Waals surface area contributed by atoms with Crippen molar-refractivity contribution < 1.29 is 9.47 Å². The Balaban J connectivity index is 1.81. The Bertz CT molecular complexity index is 194. The largest absolute Gasteiger partial charge is 0.350 e. The Labute approximate surface area is 120 Å². The van der Waals surface area contributed by atoms with Crippen LogP contribution in [0.15, 0.2) is 0 Å². The van der Waals surface area contributed by atoms with Gasteiger partial charge in [-0.25, -0.2) is 0 Å². The second-order valence-corrected chi connectivity index (χ2v) is 5.93. The monoisotopic (exact) mass is 270 g/mol. The molecule has 2 atom stereocenters. The number of hydrogen-bond acceptors (Lipinski definition) is 2. The molecule has 0 saturated carbocycles. The Hall–Kier alpha value is -0.0800. The fourth-order valence-corrected chi connectivity index (χ4v) is 2.75. The Morgan fingerprint density at radius 2 is 1.37 bits per heavy atom. The van der Waals surface area contributed by atoms with Crippen LogP contribution in [-0.2, 0) is 9.47 Å². The van der Waals surface area contributed by atoms with Crippen LogP contribution in [0.5, 0.6) is 0 Å². The minimum absolute atomic E-state index is 0.0982. The SMILES string of the molecule is CCCCCCCCCCCC1OCC(CCC)O1. The van der Waals surface area contributed by atoms with Gasteiger partial charge in [0.15, 0.2) is 6.29 Å². The van der Waals surface area contributed by atoms with E-state index < -0.39 is 0 Å². The van der Waals surface area contributed by atoms with Gasteiger partial charge in [-0.3, -0.25) is 0 Å². The van der Waals surface area contributed by atoms with Crippen LogP contribution in [0.4, 0.5) is 0 Å². The highest BCUT2D eigenvalue weighted by molar-refractivity contribution is 4.65. The van der Waals surface area contributed by atoms with Gasteiger partial charge >= 0.3 is 0 Å². The van der Waals surface area contributed by atoms with E-state index in [0.29, 0.717) is 6.10 Å². The molecular formula is C17H34O2. The number of ether oxygens (including phenoxy) is 2. The van der Waals surface area contributed by atoms with Crippen LogP contribution < -0.4 is 0 Å². The maximum Gasteiger partial charge on any atom is 0.158 e. The van der Waals surface area contributed by atoms with E-state index in [-0.39, 0.29) is 6.29 Å². The van der Waals surface area contributed by atoms with Crippen LogP contribution in [0, 0.1) is 0 Å². The van der Waals surface area contributed by atoms with E-state index in [2.05, 4.69) is 13.8 Å². The second kappa shape index (κ2) is 11.7. The third kappa shape index (κ3) is 8.65. The molecule has 0 bridgehead atoms. The highest BCUT2D eigenvalue weighted by atomic mass is 16.7. The summed E-state index contributed by atoms with van der Waals surface area (Å²) in [5, 5.41) is 0. The summed E-state index contributed by atoms with van der Waals surface area (Å²) < 4.78 is 11.5. The molecule has 0 radical (unpaired) electrons. The van der Waals surface area contributed by atoms with Crippen LogP contribution in [0.2, 0.25) is 0 Å². The van der Waals surface area contributed by atoms with Crippen molar-refractivity contribution in [3.8, 4) is 0 Å². The number of unbranched alkanes of at least 4 members (excludes halogenated alkanes) is 8. The molecule has 114 valence electrons. The molecule has 1 aliphatic rings. The Morgan fingerprint density at radius 1 is 0.737 bits per heavy atom. The molecule has 1 saturated heterocycles. The van der Waals surface area contributed by atoms with Gasteiger partial charge in [0.25, 0.3) is 0 Å².